The molecule has 2 aromatic carbocycles. The first-order valence-electron chi connectivity index (χ1n) is 6.06. The van der Waals surface area contributed by atoms with Crippen LogP contribution < -0.4 is 10.5 Å². The van der Waals surface area contributed by atoms with Gasteiger partial charge in [0.2, 0.25) is 0 Å². The molecule has 2 N–H and O–H groups in total. The molecule has 0 saturated heterocycles. The number of hydrogen-bond donors (Lipinski definition) is 1. The molecule has 100 valence electrons. The Balaban J connectivity index is 2.12. The first-order valence-corrected chi connectivity index (χ1v) is 6.81. The van der Waals surface area contributed by atoms with Crippen LogP contribution in [-0.4, -0.2) is 6.54 Å². The highest BCUT2D eigenvalue weighted by Gasteiger charge is 2.07. The van der Waals surface area contributed by atoms with E-state index in [1.807, 2.05) is 24.3 Å². The van der Waals surface area contributed by atoms with Crippen LogP contribution in [0.5, 0.6) is 5.75 Å². The number of nitrogens with two attached hydrogens (primary N) is 1. The van der Waals surface area contributed by atoms with Gasteiger partial charge in [0.1, 0.15) is 17.4 Å². The molecular weight excluding hydrogens is 281 g/mol. The normalized spacial score (nSPS) is 10.5. The Labute approximate surface area is 123 Å². The van der Waals surface area contributed by atoms with E-state index >= 15 is 0 Å². The van der Waals surface area contributed by atoms with E-state index in [-0.39, 0.29) is 0 Å². The molecule has 0 aromatic heterocycles. The molecule has 2 rings (SSSR count). The van der Waals surface area contributed by atoms with E-state index < -0.39 is 0 Å². The summed E-state index contributed by atoms with van der Waals surface area (Å²) in [6.45, 7) is 1.07. The van der Waals surface area contributed by atoms with Gasteiger partial charge in [-0.2, -0.15) is 0 Å². The van der Waals surface area contributed by atoms with Gasteiger partial charge in [-0.25, -0.2) is 0 Å². The van der Waals surface area contributed by atoms with Crippen molar-refractivity contribution in [3.05, 3.63) is 63.6 Å². The Kier molecular flexibility index (Phi) is 5.08. The summed E-state index contributed by atoms with van der Waals surface area (Å²) in [6.07, 6.45) is 0.836. The van der Waals surface area contributed by atoms with Gasteiger partial charge in [0, 0.05) is 0 Å². The van der Waals surface area contributed by atoms with Crippen molar-refractivity contribution in [2.75, 3.05) is 6.54 Å². The molecule has 0 aliphatic carbocycles. The largest absolute Gasteiger partial charge is 0.487 e. The lowest BCUT2D eigenvalue weighted by Crippen LogP contribution is -2.07. The number of halogens is 2. The predicted octanol–water partition coefficient (Wildman–Crippen LogP) is 4.07. The highest BCUT2D eigenvalue weighted by molar-refractivity contribution is 6.42. The summed E-state index contributed by atoms with van der Waals surface area (Å²) in [5.41, 5.74) is 7.91. The van der Waals surface area contributed by atoms with Gasteiger partial charge in [0.15, 0.2) is 0 Å². The lowest BCUT2D eigenvalue weighted by Gasteiger charge is -2.12. The minimum absolute atomic E-state index is 0.445. The molecule has 2 aromatic rings. The summed E-state index contributed by atoms with van der Waals surface area (Å²) in [5.74, 6) is 0.594. The molecule has 0 unspecified atom stereocenters. The second-order valence-electron chi connectivity index (χ2n) is 4.15. The third kappa shape index (κ3) is 3.63. The fourth-order valence-electron chi connectivity index (χ4n) is 1.85. The molecule has 0 amide bonds. The Morgan fingerprint density at radius 2 is 1.68 bits per heavy atom. The zero-order valence-electron chi connectivity index (χ0n) is 10.4. The van der Waals surface area contributed by atoms with Crippen LogP contribution in [0.25, 0.3) is 0 Å². The van der Waals surface area contributed by atoms with Crippen LogP contribution >= 0.6 is 23.2 Å². The van der Waals surface area contributed by atoms with Crippen molar-refractivity contribution in [2.45, 2.75) is 13.0 Å². The van der Waals surface area contributed by atoms with E-state index in [0.29, 0.717) is 28.9 Å². The van der Waals surface area contributed by atoms with E-state index in [2.05, 4.69) is 6.07 Å². The number of rotatable bonds is 5. The lowest BCUT2D eigenvalue weighted by atomic mass is 10.1. The molecule has 0 heterocycles. The van der Waals surface area contributed by atoms with Crippen molar-refractivity contribution in [1.82, 2.24) is 0 Å². The smallest absolute Gasteiger partial charge is 0.139 e. The maximum Gasteiger partial charge on any atom is 0.139 e. The molecule has 0 aliphatic rings. The molecule has 0 aliphatic heterocycles. The minimum atomic E-state index is 0.445. The standard InChI is InChI=1S/C15H15Cl2NO/c16-13-6-3-7-14(15(13)17)19-10-12-5-2-1-4-11(12)8-9-18/h1-7H,8-10,18H2. The molecule has 0 bridgehead atoms. The van der Waals surface area contributed by atoms with Crippen LogP contribution in [0.2, 0.25) is 10.0 Å². The average molecular weight is 296 g/mol. The maximum absolute atomic E-state index is 6.08. The minimum Gasteiger partial charge on any atom is -0.487 e. The Hall–Kier alpha value is -1.22. The Morgan fingerprint density at radius 3 is 2.42 bits per heavy atom. The topological polar surface area (TPSA) is 35.2 Å². The maximum atomic E-state index is 6.08. The lowest BCUT2D eigenvalue weighted by molar-refractivity contribution is 0.305. The first kappa shape index (κ1) is 14.2. The van der Waals surface area contributed by atoms with Gasteiger partial charge in [0.05, 0.1) is 5.02 Å². The third-order valence-corrected chi connectivity index (χ3v) is 3.63. The predicted molar refractivity (Wildman–Crippen MR) is 80.0 cm³/mol. The zero-order valence-corrected chi connectivity index (χ0v) is 11.9. The summed E-state index contributed by atoms with van der Waals surface area (Å²) >= 11 is 12.0. The fraction of sp³-hybridized carbons (Fsp3) is 0.200. The van der Waals surface area contributed by atoms with Crippen LogP contribution in [0.1, 0.15) is 11.1 Å². The van der Waals surface area contributed by atoms with Crippen LogP contribution in [-0.2, 0) is 13.0 Å². The SMILES string of the molecule is NCCc1ccccc1COc1cccc(Cl)c1Cl. The van der Waals surface area contributed by atoms with Crippen molar-refractivity contribution >= 4 is 23.2 Å². The number of benzene rings is 2. The van der Waals surface area contributed by atoms with Gasteiger partial charge in [-0.3, -0.25) is 0 Å². The summed E-state index contributed by atoms with van der Waals surface area (Å²) in [5, 5.41) is 0.940. The average Bonchev–Trinajstić information content (AvgIpc) is 2.42. The molecule has 2 nitrogen and oxygen atoms in total. The van der Waals surface area contributed by atoms with Gasteiger partial charge in [-0.05, 0) is 36.2 Å². The second kappa shape index (κ2) is 6.80. The monoisotopic (exact) mass is 295 g/mol. The van der Waals surface area contributed by atoms with Crippen LogP contribution in [0, 0.1) is 0 Å². The highest BCUT2D eigenvalue weighted by atomic mass is 35.5. The van der Waals surface area contributed by atoms with Crippen molar-refractivity contribution in [3.63, 3.8) is 0 Å². The van der Waals surface area contributed by atoms with Crippen molar-refractivity contribution in [2.24, 2.45) is 5.73 Å². The van der Waals surface area contributed by atoms with Gasteiger partial charge in [0.25, 0.3) is 0 Å². The van der Waals surface area contributed by atoms with E-state index in [4.69, 9.17) is 33.7 Å². The molecule has 0 spiro atoms. The first-order chi connectivity index (χ1) is 9.22. The van der Waals surface area contributed by atoms with Crippen molar-refractivity contribution < 1.29 is 4.74 Å². The Bertz CT molecular complexity index is 558. The van der Waals surface area contributed by atoms with Crippen molar-refractivity contribution in [3.8, 4) is 5.75 Å². The summed E-state index contributed by atoms with van der Waals surface area (Å²) < 4.78 is 5.73. The highest BCUT2D eigenvalue weighted by Crippen LogP contribution is 2.32. The molecular formula is C15H15Cl2NO. The fourth-order valence-corrected chi connectivity index (χ4v) is 2.20. The molecule has 0 saturated carbocycles. The van der Waals surface area contributed by atoms with Crippen LogP contribution in [0.15, 0.2) is 42.5 Å². The van der Waals surface area contributed by atoms with Crippen molar-refractivity contribution in [1.29, 1.82) is 0 Å². The number of hydrogen-bond acceptors (Lipinski definition) is 2. The van der Waals surface area contributed by atoms with Gasteiger partial charge < -0.3 is 10.5 Å². The summed E-state index contributed by atoms with van der Waals surface area (Å²) in [6, 6.07) is 13.4. The molecule has 0 atom stereocenters. The third-order valence-electron chi connectivity index (χ3n) is 2.83. The summed E-state index contributed by atoms with van der Waals surface area (Å²) in [7, 11) is 0. The quantitative estimate of drug-likeness (QED) is 0.902. The van der Waals surface area contributed by atoms with Gasteiger partial charge >= 0.3 is 0 Å². The molecule has 4 heteroatoms. The molecule has 0 radical (unpaired) electrons. The van der Waals surface area contributed by atoms with E-state index in [1.165, 1.54) is 5.56 Å². The van der Waals surface area contributed by atoms with Gasteiger partial charge in [-0.15, -0.1) is 0 Å². The zero-order chi connectivity index (χ0) is 13.7. The molecule has 0 fully saturated rings. The van der Waals surface area contributed by atoms with Crippen LogP contribution in [0.3, 0.4) is 0 Å². The van der Waals surface area contributed by atoms with E-state index in [1.54, 1.807) is 12.1 Å². The van der Waals surface area contributed by atoms with E-state index in [0.717, 1.165) is 12.0 Å². The number of ether oxygens (including phenoxy) is 1. The second-order valence-corrected chi connectivity index (χ2v) is 4.93. The summed E-state index contributed by atoms with van der Waals surface area (Å²) in [4.78, 5) is 0. The van der Waals surface area contributed by atoms with E-state index in [9.17, 15) is 0 Å². The van der Waals surface area contributed by atoms with Crippen LogP contribution in [0.4, 0.5) is 0 Å². The molecule has 19 heavy (non-hydrogen) atoms. The van der Waals surface area contributed by atoms with Gasteiger partial charge in [-0.1, -0.05) is 53.5 Å². The Morgan fingerprint density at radius 1 is 0.947 bits per heavy atom.